The number of benzene rings is 1. The molecule has 0 bridgehead atoms. The molecular weight excluding hydrogens is 286 g/mol. The Kier molecular flexibility index (Phi) is 3.41. The maximum atomic E-state index is 12.3. The maximum absolute atomic E-state index is 12.3. The Morgan fingerprint density at radius 1 is 1.33 bits per heavy atom. The summed E-state index contributed by atoms with van der Waals surface area (Å²) in [7, 11) is 1.73. The molecule has 0 radical (unpaired) electrons. The van der Waals surface area contributed by atoms with Crippen LogP contribution in [0, 0.1) is 0 Å². The molecule has 0 fully saturated rings. The van der Waals surface area contributed by atoms with Gasteiger partial charge in [0.15, 0.2) is 5.13 Å². The van der Waals surface area contributed by atoms with E-state index in [0.717, 1.165) is 16.5 Å². The van der Waals surface area contributed by atoms with Crippen molar-refractivity contribution < 1.29 is 4.79 Å². The van der Waals surface area contributed by atoms with Crippen LogP contribution in [-0.2, 0) is 0 Å². The number of carbonyl (C=O) groups is 1. The van der Waals surface area contributed by atoms with Crippen LogP contribution in [0.5, 0.6) is 0 Å². The van der Waals surface area contributed by atoms with Gasteiger partial charge in [0.1, 0.15) is 10.7 Å². The van der Waals surface area contributed by atoms with Crippen molar-refractivity contribution in [3.8, 4) is 0 Å². The van der Waals surface area contributed by atoms with Crippen molar-refractivity contribution in [2.75, 3.05) is 23.4 Å². The van der Waals surface area contributed by atoms with Gasteiger partial charge in [0.25, 0.3) is 5.91 Å². The number of fused-ring (bicyclic) bond motifs is 1. The van der Waals surface area contributed by atoms with E-state index in [-0.39, 0.29) is 11.7 Å². The molecule has 2 heterocycles. The highest BCUT2D eigenvalue weighted by atomic mass is 32.1. The summed E-state index contributed by atoms with van der Waals surface area (Å²) in [6.45, 7) is 0. The van der Waals surface area contributed by atoms with Gasteiger partial charge in [-0.1, -0.05) is 23.5 Å². The number of pyridine rings is 1. The van der Waals surface area contributed by atoms with E-state index in [1.54, 1.807) is 19.4 Å². The van der Waals surface area contributed by atoms with Gasteiger partial charge in [-0.15, -0.1) is 0 Å². The van der Waals surface area contributed by atoms with Crippen molar-refractivity contribution in [2.24, 2.45) is 0 Å². The van der Waals surface area contributed by atoms with Crippen LogP contribution in [0.25, 0.3) is 10.8 Å². The second-order valence-electron chi connectivity index (χ2n) is 4.34. The first-order valence-electron chi connectivity index (χ1n) is 6.27. The normalized spacial score (nSPS) is 10.5. The van der Waals surface area contributed by atoms with Gasteiger partial charge >= 0.3 is 0 Å². The van der Waals surface area contributed by atoms with Crippen molar-refractivity contribution in [1.82, 2.24) is 9.97 Å². The summed E-state index contributed by atoms with van der Waals surface area (Å²) in [5.41, 5.74) is 6.49. The van der Waals surface area contributed by atoms with E-state index in [0.29, 0.717) is 10.0 Å². The van der Waals surface area contributed by atoms with E-state index in [9.17, 15) is 4.79 Å². The summed E-state index contributed by atoms with van der Waals surface area (Å²) in [6, 6.07) is 7.52. The number of anilines is 3. The number of aromatic nitrogens is 2. The third kappa shape index (κ3) is 2.50. The lowest BCUT2D eigenvalue weighted by Gasteiger charge is -2.07. The number of hydrogen-bond donors (Lipinski definition) is 3. The zero-order valence-electron chi connectivity index (χ0n) is 11.3. The van der Waals surface area contributed by atoms with Crippen LogP contribution in [0.15, 0.2) is 36.7 Å². The zero-order chi connectivity index (χ0) is 14.8. The highest BCUT2D eigenvalue weighted by molar-refractivity contribution is 7.18. The molecule has 2 aromatic heterocycles. The van der Waals surface area contributed by atoms with Gasteiger partial charge in [-0.2, -0.15) is 0 Å². The van der Waals surface area contributed by atoms with Gasteiger partial charge in [0.05, 0.1) is 0 Å². The molecule has 1 amide bonds. The average Bonchev–Trinajstić information content (AvgIpc) is 2.89. The molecule has 0 unspecified atom stereocenters. The first kappa shape index (κ1) is 13.3. The van der Waals surface area contributed by atoms with Crippen LogP contribution in [0.3, 0.4) is 0 Å². The fourth-order valence-corrected chi connectivity index (χ4v) is 2.75. The predicted octanol–water partition coefficient (Wildman–Crippen LogP) is 2.57. The Balaban J connectivity index is 1.94. The van der Waals surface area contributed by atoms with Gasteiger partial charge in [0.2, 0.25) is 0 Å². The number of carbonyl (C=O) groups excluding carboxylic acids is 1. The first-order valence-corrected chi connectivity index (χ1v) is 7.09. The number of thiazole rings is 1. The summed E-state index contributed by atoms with van der Waals surface area (Å²) in [6.07, 6.45) is 3.45. The van der Waals surface area contributed by atoms with E-state index >= 15 is 0 Å². The third-order valence-electron chi connectivity index (χ3n) is 3.00. The first-order chi connectivity index (χ1) is 10.2. The number of nitrogens with zero attached hydrogens (tertiary/aromatic N) is 2. The second kappa shape index (κ2) is 5.37. The predicted molar refractivity (Wildman–Crippen MR) is 85.8 cm³/mol. The van der Waals surface area contributed by atoms with Crippen LogP contribution >= 0.6 is 11.3 Å². The molecule has 0 aliphatic heterocycles. The SMILES string of the molecule is CNc1nc(N)c(C(=O)Nc2cccc3cnccc23)s1. The Morgan fingerprint density at radius 3 is 2.95 bits per heavy atom. The van der Waals surface area contributed by atoms with Crippen molar-refractivity contribution >= 4 is 44.7 Å². The van der Waals surface area contributed by atoms with Crippen LogP contribution in [0.4, 0.5) is 16.6 Å². The number of nitrogens with one attached hydrogen (secondary N) is 2. The maximum Gasteiger partial charge on any atom is 0.269 e. The van der Waals surface area contributed by atoms with Crippen LogP contribution in [-0.4, -0.2) is 22.9 Å². The molecule has 7 heteroatoms. The molecule has 0 atom stereocenters. The Bertz CT molecular complexity index is 809. The van der Waals surface area contributed by atoms with Crippen molar-refractivity contribution in [3.05, 3.63) is 41.5 Å². The number of hydrogen-bond acceptors (Lipinski definition) is 6. The highest BCUT2D eigenvalue weighted by Crippen LogP contribution is 2.27. The minimum absolute atomic E-state index is 0.226. The summed E-state index contributed by atoms with van der Waals surface area (Å²) in [4.78, 5) is 20.9. The summed E-state index contributed by atoms with van der Waals surface area (Å²) in [5.74, 6) is -0.0421. The van der Waals surface area contributed by atoms with E-state index < -0.39 is 0 Å². The lowest BCUT2D eigenvalue weighted by atomic mass is 10.1. The molecule has 0 aliphatic carbocycles. The molecule has 3 aromatic rings. The lowest BCUT2D eigenvalue weighted by molar-refractivity contribution is 0.103. The number of rotatable bonds is 3. The quantitative estimate of drug-likeness (QED) is 0.691. The topological polar surface area (TPSA) is 92.9 Å². The minimum atomic E-state index is -0.268. The zero-order valence-corrected chi connectivity index (χ0v) is 12.1. The molecule has 6 nitrogen and oxygen atoms in total. The number of nitrogens with two attached hydrogens (primary N) is 1. The van der Waals surface area contributed by atoms with Gasteiger partial charge < -0.3 is 16.4 Å². The van der Waals surface area contributed by atoms with Gasteiger partial charge in [0, 0.05) is 35.9 Å². The summed E-state index contributed by atoms with van der Waals surface area (Å²) >= 11 is 1.22. The largest absolute Gasteiger partial charge is 0.382 e. The van der Waals surface area contributed by atoms with Crippen molar-refractivity contribution in [3.63, 3.8) is 0 Å². The Labute approximate surface area is 125 Å². The van der Waals surface area contributed by atoms with Gasteiger partial charge in [-0.05, 0) is 12.1 Å². The molecule has 21 heavy (non-hydrogen) atoms. The third-order valence-corrected chi connectivity index (χ3v) is 4.09. The summed E-state index contributed by atoms with van der Waals surface area (Å²) < 4.78 is 0. The van der Waals surface area contributed by atoms with E-state index in [2.05, 4.69) is 20.6 Å². The van der Waals surface area contributed by atoms with E-state index in [1.165, 1.54) is 11.3 Å². The monoisotopic (exact) mass is 299 g/mol. The minimum Gasteiger partial charge on any atom is -0.382 e. The molecule has 4 N–H and O–H groups in total. The van der Waals surface area contributed by atoms with Crippen molar-refractivity contribution in [1.29, 1.82) is 0 Å². The lowest BCUT2D eigenvalue weighted by Crippen LogP contribution is -2.12. The molecule has 0 aliphatic rings. The van der Waals surface area contributed by atoms with E-state index in [1.807, 2.05) is 24.3 Å². The molecule has 106 valence electrons. The summed E-state index contributed by atoms with van der Waals surface area (Å²) in [5, 5.41) is 8.25. The van der Waals surface area contributed by atoms with Crippen LogP contribution in [0.1, 0.15) is 9.67 Å². The fraction of sp³-hybridized carbons (Fsp3) is 0.0714. The number of amides is 1. The Hall–Kier alpha value is -2.67. The number of nitrogen functional groups attached to an aromatic ring is 1. The Morgan fingerprint density at radius 2 is 2.19 bits per heavy atom. The standard InChI is InChI=1S/C14H13N5OS/c1-16-14-19-12(15)11(21-14)13(20)18-10-4-2-3-8-7-17-6-5-9(8)10/h2-7H,15H2,1H3,(H,16,19)(H,18,20). The highest BCUT2D eigenvalue weighted by Gasteiger charge is 2.16. The smallest absolute Gasteiger partial charge is 0.269 e. The van der Waals surface area contributed by atoms with Crippen LogP contribution < -0.4 is 16.4 Å². The fourth-order valence-electron chi connectivity index (χ4n) is 2.01. The molecule has 0 spiro atoms. The molecule has 0 saturated heterocycles. The molecule has 0 saturated carbocycles. The van der Waals surface area contributed by atoms with Gasteiger partial charge in [-0.3, -0.25) is 9.78 Å². The van der Waals surface area contributed by atoms with E-state index in [4.69, 9.17) is 5.73 Å². The molecule has 3 rings (SSSR count). The van der Waals surface area contributed by atoms with Crippen LogP contribution in [0.2, 0.25) is 0 Å². The van der Waals surface area contributed by atoms with Crippen molar-refractivity contribution in [2.45, 2.75) is 0 Å². The average molecular weight is 299 g/mol. The molecular formula is C14H13N5OS. The van der Waals surface area contributed by atoms with Gasteiger partial charge in [-0.25, -0.2) is 4.98 Å². The second-order valence-corrected chi connectivity index (χ2v) is 5.34. The molecule has 1 aromatic carbocycles.